The van der Waals surface area contributed by atoms with E-state index in [9.17, 15) is 0 Å². The van der Waals surface area contributed by atoms with Crippen molar-refractivity contribution in [1.82, 2.24) is 0 Å². The third kappa shape index (κ3) is 8.93. The Kier molecular flexibility index (Phi) is 11.9. The molecule has 4 heteroatoms. The van der Waals surface area contributed by atoms with Crippen LogP contribution in [0, 0.1) is 11.8 Å². The second-order valence-corrected chi connectivity index (χ2v) is 11.0. The fraction of sp³-hybridized carbons (Fsp3) is 0.800. The van der Waals surface area contributed by atoms with Gasteiger partial charge in [0.15, 0.2) is 12.1 Å². The Morgan fingerprint density at radius 2 is 1.47 bits per heavy atom. The van der Waals surface area contributed by atoms with Gasteiger partial charge in [0.2, 0.25) is 0 Å². The summed E-state index contributed by atoms with van der Waals surface area (Å²) < 4.78 is 24.9. The summed E-state index contributed by atoms with van der Waals surface area (Å²) in [5, 5.41) is 0. The van der Waals surface area contributed by atoms with Crippen LogP contribution in [-0.2, 0) is 25.6 Å². The zero-order chi connectivity index (χ0) is 24.2. The minimum atomic E-state index is -0.570. The van der Waals surface area contributed by atoms with E-state index >= 15 is 0 Å². The molecule has 2 aliphatic rings. The molecule has 2 saturated heterocycles. The Labute approximate surface area is 209 Å². The van der Waals surface area contributed by atoms with Crippen molar-refractivity contribution in [3.05, 3.63) is 35.9 Å². The van der Waals surface area contributed by atoms with Crippen LogP contribution in [0.3, 0.4) is 0 Å². The smallest absolute Gasteiger partial charge is 0.187 e. The summed E-state index contributed by atoms with van der Waals surface area (Å²) in [6, 6.07) is 10.4. The van der Waals surface area contributed by atoms with Gasteiger partial charge in [-0.1, -0.05) is 115 Å². The van der Waals surface area contributed by atoms with E-state index in [2.05, 4.69) is 38.1 Å². The molecule has 0 unspecified atom stereocenters. The lowest BCUT2D eigenvalue weighted by Gasteiger charge is -2.30. The van der Waals surface area contributed by atoms with Crippen LogP contribution in [0.4, 0.5) is 0 Å². The highest BCUT2D eigenvalue weighted by molar-refractivity contribution is 5.13. The molecular formula is C30H50O4. The molecule has 3 rings (SSSR count). The molecule has 2 heterocycles. The Morgan fingerprint density at radius 3 is 2.12 bits per heavy atom. The van der Waals surface area contributed by atoms with Gasteiger partial charge in [-0.05, 0) is 31.7 Å². The largest absolute Gasteiger partial charge is 0.376 e. The van der Waals surface area contributed by atoms with Gasteiger partial charge in [-0.2, -0.15) is 0 Å². The molecule has 2 aliphatic heterocycles. The predicted molar refractivity (Wildman–Crippen MR) is 139 cm³/mol. The van der Waals surface area contributed by atoms with E-state index in [1.54, 1.807) is 0 Å². The molecule has 0 bridgehead atoms. The van der Waals surface area contributed by atoms with Crippen molar-refractivity contribution in [3.63, 3.8) is 0 Å². The summed E-state index contributed by atoms with van der Waals surface area (Å²) in [6.45, 7) is 9.90. The number of hydrogen-bond acceptors (Lipinski definition) is 4. The first-order valence-corrected chi connectivity index (χ1v) is 14.1. The third-order valence-electron chi connectivity index (χ3n) is 7.45. The maximum absolute atomic E-state index is 6.41. The summed E-state index contributed by atoms with van der Waals surface area (Å²) in [4.78, 5) is 0. The van der Waals surface area contributed by atoms with E-state index in [1.165, 1.54) is 76.2 Å². The summed E-state index contributed by atoms with van der Waals surface area (Å²) >= 11 is 0. The maximum Gasteiger partial charge on any atom is 0.187 e. The van der Waals surface area contributed by atoms with Gasteiger partial charge in [-0.3, -0.25) is 0 Å². The monoisotopic (exact) mass is 474 g/mol. The van der Waals surface area contributed by atoms with Crippen LogP contribution in [0.1, 0.15) is 110 Å². The van der Waals surface area contributed by atoms with E-state index in [4.69, 9.17) is 18.9 Å². The van der Waals surface area contributed by atoms with E-state index in [0.717, 1.165) is 6.42 Å². The SMILES string of the molecule is CCCCCCCCCCCCC[C@H]1O[C@@H]2OC(C)(C)O[C@@H]2[C@@H]1[C@@H](C)COCc1ccccc1. The van der Waals surface area contributed by atoms with E-state index in [-0.39, 0.29) is 18.5 Å². The van der Waals surface area contributed by atoms with Gasteiger partial charge in [0.25, 0.3) is 0 Å². The van der Waals surface area contributed by atoms with Gasteiger partial charge in [0, 0.05) is 5.92 Å². The van der Waals surface area contributed by atoms with Gasteiger partial charge in [-0.25, -0.2) is 0 Å². The standard InChI is InChI=1S/C30H50O4/c1-5-6-7-8-9-10-11-12-13-14-18-21-26-27(28-29(32-26)34-30(3,4)33-28)24(2)22-31-23-25-19-16-15-17-20-25/h15-17,19-20,24,26-29H,5-14,18,21-23H2,1-4H3/t24-,26+,27+,28+,29+/m0/s1. The molecule has 0 aromatic heterocycles. The molecule has 0 amide bonds. The first-order chi connectivity index (χ1) is 16.5. The van der Waals surface area contributed by atoms with Gasteiger partial charge in [-0.15, -0.1) is 0 Å². The average molecular weight is 475 g/mol. The zero-order valence-corrected chi connectivity index (χ0v) is 22.3. The fourth-order valence-electron chi connectivity index (χ4n) is 5.61. The highest BCUT2D eigenvalue weighted by Gasteiger charge is 2.55. The number of unbranched alkanes of at least 4 members (excludes halogenated alkanes) is 10. The molecule has 1 aromatic carbocycles. The van der Waals surface area contributed by atoms with E-state index < -0.39 is 5.79 Å². The van der Waals surface area contributed by atoms with Crippen LogP contribution in [0.2, 0.25) is 0 Å². The molecule has 1 aromatic rings. The lowest BCUT2D eigenvalue weighted by molar-refractivity contribution is -0.213. The quantitative estimate of drug-likeness (QED) is 0.214. The Morgan fingerprint density at radius 1 is 0.853 bits per heavy atom. The van der Waals surface area contributed by atoms with E-state index in [0.29, 0.717) is 25.0 Å². The number of hydrogen-bond donors (Lipinski definition) is 0. The number of fused-ring (bicyclic) bond motifs is 1. The molecular weight excluding hydrogens is 424 g/mol. The molecule has 4 nitrogen and oxygen atoms in total. The normalized spacial score (nSPS) is 26.6. The van der Waals surface area contributed by atoms with Gasteiger partial charge >= 0.3 is 0 Å². The van der Waals surface area contributed by atoms with Crippen LogP contribution in [-0.4, -0.2) is 30.9 Å². The lowest BCUT2D eigenvalue weighted by Crippen LogP contribution is -2.36. The molecule has 0 spiro atoms. The molecule has 2 fully saturated rings. The van der Waals surface area contributed by atoms with Crippen LogP contribution < -0.4 is 0 Å². The van der Waals surface area contributed by atoms with Crippen LogP contribution in [0.25, 0.3) is 0 Å². The van der Waals surface area contributed by atoms with Crippen molar-refractivity contribution in [2.24, 2.45) is 11.8 Å². The molecule has 0 saturated carbocycles. The van der Waals surface area contributed by atoms with Crippen LogP contribution >= 0.6 is 0 Å². The molecule has 5 atom stereocenters. The van der Waals surface area contributed by atoms with Crippen molar-refractivity contribution in [2.75, 3.05) is 6.61 Å². The topological polar surface area (TPSA) is 36.9 Å². The van der Waals surface area contributed by atoms with Crippen LogP contribution in [0.15, 0.2) is 30.3 Å². The number of benzene rings is 1. The Hall–Kier alpha value is -0.940. The molecule has 0 N–H and O–H groups in total. The van der Waals surface area contributed by atoms with Crippen molar-refractivity contribution >= 4 is 0 Å². The lowest BCUT2D eigenvalue weighted by atomic mass is 9.84. The second-order valence-electron chi connectivity index (χ2n) is 11.0. The first kappa shape index (κ1) is 27.6. The van der Waals surface area contributed by atoms with Crippen molar-refractivity contribution in [2.45, 2.75) is 136 Å². The molecule has 0 radical (unpaired) electrons. The zero-order valence-electron chi connectivity index (χ0n) is 22.3. The predicted octanol–water partition coefficient (Wildman–Crippen LogP) is 8.03. The fourth-order valence-corrected chi connectivity index (χ4v) is 5.61. The first-order valence-electron chi connectivity index (χ1n) is 14.1. The van der Waals surface area contributed by atoms with Gasteiger partial charge < -0.3 is 18.9 Å². The summed E-state index contributed by atoms with van der Waals surface area (Å²) in [7, 11) is 0. The Balaban J connectivity index is 1.37. The van der Waals surface area contributed by atoms with Crippen molar-refractivity contribution < 1.29 is 18.9 Å². The third-order valence-corrected chi connectivity index (χ3v) is 7.45. The highest BCUT2D eigenvalue weighted by atomic mass is 16.8. The van der Waals surface area contributed by atoms with Crippen LogP contribution in [0.5, 0.6) is 0 Å². The summed E-state index contributed by atoms with van der Waals surface area (Å²) in [6.07, 6.45) is 16.1. The second kappa shape index (κ2) is 14.6. The number of rotatable bonds is 17. The van der Waals surface area contributed by atoms with Gasteiger partial charge in [0.05, 0.1) is 19.3 Å². The molecule has 0 aliphatic carbocycles. The minimum Gasteiger partial charge on any atom is -0.376 e. The van der Waals surface area contributed by atoms with E-state index in [1.807, 2.05) is 19.9 Å². The van der Waals surface area contributed by atoms with Crippen molar-refractivity contribution in [1.29, 1.82) is 0 Å². The maximum atomic E-state index is 6.41. The molecule has 194 valence electrons. The summed E-state index contributed by atoms with van der Waals surface area (Å²) in [5.74, 6) is 0.0966. The molecule has 34 heavy (non-hydrogen) atoms. The highest BCUT2D eigenvalue weighted by Crippen LogP contribution is 2.45. The minimum absolute atomic E-state index is 0.00281. The Bertz CT molecular complexity index is 661. The average Bonchev–Trinajstić information content (AvgIpc) is 3.29. The summed E-state index contributed by atoms with van der Waals surface area (Å²) in [5.41, 5.74) is 1.22. The number of ether oxygens (including phenoxy) is 4. The van der Waals surface area contributed by atoms with Crippen molar-refractivity contribution in [3.8, 4) is 0 Å². The van der Waals surface area contributed by atoms with Gasteiger partial charge in [0.1, 0.15) is 6.10 Å².